The highest BCUT2D eigenvalue weighted by Crippen LogP contribution is 2.08. The van der Waals surface area contributed by atoms with E-state index in [0.29, 0.717) is 25.2 Å². The summed E-state index contributed by atoms with van der Waals surface area (Å²) in [6.45, 7) is 1.44. The molecule has 1 amide bonds. The first-order valence-electron chi connectivity index (χ1n) is 8.36. The number of hydrogen-bond donors (Lipinski definition) is 2. The molecule has 7 heteroatoms. The van der Waals surface area contributed by atoms with E-state index in [-0.39, 0.29) is 11.7 Å². The summed E-state index contributed by atoms with van der Waals surface area (Å²) in [6, 6.07) is 17.2. The van der Waals surface area contributed by atoms with Crippen molar-refractivity contribution in [1.82, 2.24) is 14.9 Å². The number of carbonyl (C=O) groups is 1. The van der Waals surface area contributed by atoms with Crippen LogP contribution in [0.15, 0.2) is 54.6 Å². The van der Waals surface area contributed by atoms with Crippen molar-refractivity contribution in [3.8, 4) is 0 Å². The Labute approximate surface area is 155 Å². The Morgan fingerprint density at radius 1 is 0.962 bits per heavy atom. The molecule has 0 spiro atoms. The first kappa shape index (κ1) is 20.1. The normalized spacial score (nSPS) is 11.5. The van der Waals surface area contributed by atoms with Crippen LogP contribution in [0.4, 0.5) is 0 Å². The summed E-state index contributed by atoms with van der Waals surface area (Å²) in [5.41, 5.74) is 2.79. The van der Waals surface area contributed by atoms with Crippen LogP contribution < -0.4 is 10.0 Å². The van der Waals surface area contributed by atoms with E-state index in [1.165, 1.54) is 7.05 Å². The van der Waals surface area contributed by atoms with Gasteiger partial charge in [0, 0.05) is 13.1 Å². The lowest BCUT2D eigenvalue weighted by molar-refractivity contribution is -0.122. The maximum atomic E-state index is 12.1. The molecule has 2 rings (SSSR count). The van der Waals surface area contributed by atoms with Crippen LogP contribution in [-0.4, -0.2) is 39.9 Å². The summed E-state index contributed by atoms with van der Waals surface area (Å²) < 4.78 is 25.3. The summed E-state index contributed by atoms with van der Waals surface area (Å²) in [7, 11) is 0.0275. The van der Waals surface area contributed by atoms with Crippen LogP contribution in [-0.2, 0) is 33.7 Å². The molecule has 0 heterocycles. The quantitative estimate of drug-likeness (QED) is 0.696. The predicted octanol–water partition coefficient (Wildman–Crippen LogP) is 1.48. The highest BCUT2D eigenvalue weighted by Gasteiger charge is 2.09. The highest BCUT2D eigenvalue weighted by molar-refractivity contribution is 7.88. The molecule has 0 aliphatic rings. The Hall–Kier alpha value is -2.22. The van der Waals surface area contributed by atoms with Gasteiger partial charge >= 0.3 is 0 Å². The standard InChI is InChI=1S/C19H25N3O3S/c1-20-26(24,25)15-18-10-8-16(9-11-18)12-21-19(23)14-22(2)13-17-6-4-3-5-7-17/h3-11,20H,12-15H2,1-2H3,(H,21,23). The zero-order valence-corrected chi connectivity index (χ0v) is 15.9. The van der Waals surface area contributed by atoms with E-state index < -0.39 is 10.0 Å². The Bertz CT molecular complexity index is 806. The van der Waals surface area contributed by atoms with Crippen molar-refractivity contribution in [3.05, 3.63) is 71.3 Å². The van der Waals surface area contributed by atoms with E-state index in [2.05, 4.69) is 10.0 Å². The van der Waals surface area contributed by atoms with Crippen LogP contribution in [0, 0.1) is 0 Å². The molecule has 0 aliphatic carbocycles. The molecule has 0 aromatic heterocycles. The third-order valence-electron chi connectivity index (χ3n) is 3.89. The van der Waals surface area contributed by atoms with Gasteiger partial charge in [0.1, 0.15) is 0 Å². The van der Waals surface area contributed by atoms with Crippen molar-refractivity contribution < 1.29 is 13.2 Å². The molecule has 2 aromatic carbocycles. The number of amides is 1. The Kier molecular flexibility index (Phi) is 7.32. The summed E-state index contributed by atoms with van der Waals surface area (Å²) in [5, 5.41) is 2.88. The number of nitrogens with zero attached hydrogens (tertiary/aromatic N) is 1. The third kappa shape index (κ3) is 6.95. The van der Waals surface area contributed by atoms with Crippen LogP contribution in [0.5, 0.6) is 0 Å². The van der Waals surface area contributed by atoms with Gasteiger partial charge in [-0.15, -0.1) is 0 Å². The first-order chi connectivity index (χ1) is 12.4. The number of hydrogen-bond acceptors (Lipinski definition) is 4. The number of benzene rings is 2. The summed E-state index contributed by atoms with van der Waals surface area (Å²) >= 11 is 0. The average molecular weight is 375 g/mol. The van der Waals surface area contributed by atoms with Gasteiger partial charge in [0.2, 0.25) is 15.9 Å². The number of rotatable bonds is 9. The monoisotopic (exact) mass is 375 g/mol. The molecule has 0 saturated heterocycles. The van der Waals surface area contributed by atoms with Gasteiger partial charge in [-0.25, -0.2) is 13.1 Å². The second kappa shape index (κ2) is 9.47. The SMILES string of the molecule is CNS(=O)(=O)Cc1ccc(CNC(=O)CN(C)Cc2ccccc2)cc1. The molecule has 0 atom stereocenters. The fourth-order valence-corrected chi connectivity index (χ4v) is 3.27. The van der Waals surface area contributed by atoms with Crippen LogP contribution in [0.1, 0.15) is 16.7 Å². The lowest BCUT2D eigenvalue weighted by Crippen LogP contribution is -2.34. The minimum atomic E-state index is -3.28. The van der Waals surface area contributed by atoms with Crippen molar-refractivity contribution in [3.63, 3.8) is 0 Å². The van der Waals surface area contributed by atoms with E-state index in [9.17, 15) is 13.2 Å². The highest BCUT2D eigenvalue weighted by atomic mass is 32.2. The van der Waals surface area contributed by atoms with E-state index in [4.69, 9.17) is 0 Å². The smallest absolute Gasteiger partial charge is 0.234 e. The molecule has 0 bridgehead atoms. The van der Waals surface area contributed by atoms with E-state index in [1.54, 1.807) is 12.1 Å². The van der Waals surface area contributed by atoms with Crippen LogP contribution in [0.2, 0.25) is 0 Å². The summed E-state index contributed by atoms with van der Waals surface area (Å²) in [6.07, 6.45) is 0. The van der Waals surface area contributed by atoms with Crippen molar-refractivity contribution in [1.29, 1.82) is 0 Å². The number of sulfonamides is 1. The van der Waals surface area contributed by atoms with Gasteiger partial charge in [0.15, 0.2) is 0 Å². The van der Waals surface area contributed by atoms with Crippen molar-refractivity contribution >= 4 is 15.9 Å². The fourth-order valence-electron chi connectivity index (χ4n) is 2.50. The second-order valence-corrected chi connectivity index (χ2v) is 8.14. The lowest BCUT2D eigenvalue weighted by atomic mass is 10.1. The molecule has 0 fully saturated rings. The largest absolute Gasteiger partial charge is 0.351 e. The molecular formula is C19H25N3O3S. The maximum Gasteiger partial charge on any atom is 0.234 e. The molecule has 26 heavy (non-hydrogen) atoms. The Balaban J connectivity index is 1.78. The molecule has 0 saturated carbocycles. The fraction of sp³-hybridized carbons (Fsp3) is 0.316. The maximum absolute atomic E-state index is 12.1. The molecule has 140 valence electrons. The minimum absolute atomic E-state index is 0.0507. The van der Waals surface area contributed by atoms with Gasteiger partial charge in [-0.3, -0.25) is 9.69 Å². The minimum Gasteiger partial charge on any atom is -0.351 e. The van der Waals surface area contributed by atoms with Gasteiger partial charge in [-0.2, -0.15) is 0 Å². The number of carbonyl (C=O) groups excluding carboxylic acids is 1. The van der Waals surface area contributed by atoms with Crippen LogP contribution >= 0.6 is 0 Å². The van der Waals surface area contributed by atoms with E-state index >= 15 is 0 Å². The Morgan fingerprint density at radius 2 is 1.58 bits per heavy atom. The van der Waals surface area contributed by atoms with Gasteiger partial charge in [-0.05, 0) is 30.8 Å². The molecule has 2 N–H and O–H groups in total. The number of likely N-dealkylation sites (N-methyl/N-ethyl adjacent to an activating group) is 1. The number of nitrogens with one attached hydrogen (secondary N) is 2. The van der Waals surface area contributed by atoms with Gasteiger partial charge < -0.3 is 5.32 Å². The van der Waals surface area contributed by atoms with Crippen LogP contribution in [0.25, 0.3) is 0 Å². The zero-order chi connectivity index (χ0) is 19.0. The molecule has 2 aromatic rings. The molecule has 0 radical (unpaired) electrons. The van der Waals surface area contributed by atoms with Crippen molar-refractivity contribution in [2.24, 2.45) is 0 Å². The molecule has 6 nitrogen and oxygen atoms in total. The zero-order valence-electron chi connectivity index (χ0n) is 15.1. The van der Waals surface area contributed by atoms with Crippen molar-refractivity contribution in [2.45, 2.75) is 18.8 Å². The van der Waals surface area contributed by atoms with Gasteiger partial charge in [0.05, 0.1) is 12.3 Å². The van der Waals surface area contributed by atoms with Gasteiger partial charge in [0.25, 0.3) is 0 Å². The van der Waals surface area contributed by atoms with E-state index in [0.717, 1.165) is 11.1 Å². The van der Waals surface area contributed by atoms with E-state index in [1.807, 2.05) is 54.4 Å². The average Bonchev–Trinajstić information content (AvgIpc) is 2.61. The van der Waals surface area contributed by atoms with Crippen LogP contribution in [0.3, 0.4) is 0 Å². The molecule has 0 unspecified atom stereocenters. The van der Waals surface area contributed by atoms with Gasteiger partial charge in [-0.1, -0.05) is 54.6 Å². The topological polar surface area (TPSA) is 78.5 Å². The summed E-state index contributed by atoms with van der Waals surface area (Å²) in [4.78, 5) is 14.0. The first-order valence-corrected chi connectivity index (χ1v) is 10.0. The second-order valence-electron chi connectivity index (χ2n) is 6.21. The Morgan fingerprint density at radius 3 is 2.19 bits per heavy atom. The predicted molar refractivity (Wildman–Crippen MR) is 103 cm³/mol. The third-order valence-corrected chi connectivity index (χ3v) is 5.22. The molecule has 0 aliphatic heterocycles. The lowest BCUT2D eigenvalue weighted by Gasteiger charge is -2.16. The van der Waals surface area contributed by atoms with Crippen molar-refractivity contribution in [2.75, 3.05) is 20.6 Å². The molecular weight excluding hydrogens is 350 g/mol. The summed E-state index contributed by atoms with van der Waals surface area (Å²) in [5.74, 6) is -0.106.